The second-order valence-corrected chi connectivity index (χ2v) is 11.5. The second-order valence-electron chi connectivity index (χ2n) is 9.75. The monoisotopic (exact) mass is 769 g/mol. The number of hydrogen-bond donors (Lipinski definition) is 0. The van der Waals surface area contributed by atoms with Crippen LogP contribution in [0.2, 0.25) is 0 Å². The van der Waals surface area contributed by atoms with E-state index in [1.165, 1.54) is 48.7 Å². The van der Waals surface area contributed by atoms with E-state index in [0.717, 1.165) is 36.5 Å². The number of piperazine rings is 1. The van der Waals surface area contributed by atoms with Crippen LogP contribution < -0.4 is 73.6 Å². The second kappa shape index (κ2) is 14.4. The number of carbonyl (C=O) groups is 1. The average molecular weight is 769 g/mol. The largest absolute Gasteiger partial charge is 1.00 e. The molecule has 0 aliphatic carbocycles. The number of hydrogen-bond acceptors (Lipinski definition) is 7. The summed E-state index contributed by atoms with van der Waals surface area (Å²) in [7, 11) is 3.17. The number of ether oxygens (including phenoxy) is 2. The molecule has 0 amide bonds. The SMILES string of the molecule is COC(=O)c1ccc(C2CN3C(C)CCC3CN2Cc2c(OC)cc(C)c3c2ccn3SOI)cc1.[CH3-].[Cs+]. The van der Waals surface area contributed by atoms with Crippen molar-refractivity contribution in [1.29, 1.82) is 0 Å². The first-order chi connectivity index (χ1) is 17.4. The molecule has 38 heavy (non-hydrogen) atoms. The smallest absolute Gasteiger partial charge is 0.496 e. The van der Waals surface area contributed by atoms with E-state index in [-0.39, 0.29) is 88.3 Å². The summed E-state index contributed by atoms with van der Waals surface area (Å²) < 4.78 is 18.2. The average Bonchev–Trinajstić information content (AvgIpc) is 3.48. The van der Waals surface area contributed by atoms with Crippen molar-refractivity contribution in [1.82, 2.24) is 13.8 Å². The first-order valence-electron chi connectivity index (χ1n) is 12.3. The molecule has 7 nitrogen and oxygen atoms in total. The minimum absolute atomic E-state index is 0. The number of aryl methyl sites for hydroxylation is 1. The van der Waals surface area contributed by atoms with E-state index in [4.69, 9.17) is 12.0 Å². The third-order valence-corrected chi connectivity index (χ3v) is 8.83. The molecule has 3 heterocycles. The van der Waals surface area contributed by atoms with Crippen LogP contribution >= 0.6 is 35.2 Å². The Bertz CT molecular complexity index is 1260. The van der Waals surface area contributed by atoms with Crippen LogP contribution in [0.3, 0.4) is 0 Å². The van der Waals surface area contributed by atoms with E-state index in [2.05, 4.69) is 58.1 Å². The van der Waals surface area contributed by atoms with Gasteiger partial charge in [-0.2, -0.15) is 0 Å². The normalized spacial score (nSPS) is 21.4. The van der Waals surface area contributed by atoms with Crippen molar-refractivity contribution >= 4 is 52.1 Å². The van der Waals surface area contributed by atoms with Gasteiger partial charge in [-0.3, -0.25) is 13.8 Å². The number of halogens is 1. The third kappa shape index (κ3) is 6.50. The van der Waals surface area contributed by atoms with Crippen LogP contribution in [-0.4, -0.2) is 59.1 Å². The number of benzene rings is 2. The van der Waals surface area contributed by atoms with Gasteiger partial charge in [0.15, 0.2) is 0 Å². The Labute approximate surface area is 303 Å². The summed E-state index contributed by atoms with van der Waals surface area (Å²) in [5.41, 5.74) is 5.30. The molecular weight excluding hydrogens is 734 g/mol. The molecule has 10 heteroatoms. The molecule has 0 N–H and O–H groups in total. The van der Waals surface area contributed by atoms with Gasteiger partial charge in [0.05, 0.1) is 25.3 Å². The van der Waals surface area contributed by atoms with Crippen LogP contribution in [0.1, 0.15) is 52.9 Å². The van der Waals surface area contributed by atoms with Crippen molar-refractivity contribution in [3.63, 3.8) is 0 Å². The molecule has 2 aliphatic heterocycles. The maximum atomic E-state index is 12.0. The van der Waals surface area contributed by atoms with E-state index >= 15 is 0 Å². The molecule has 200 valence electrons. The van der Waals surface area contributed by atoms with Gasteiger partial charge in [-0.15, -0.1) is 0 Å². The Balaban J connectivity index is 0.00000200. The predicted octanol–water partition coefficient (Wildman–Crippen LogP) is 3.39. The molecule has 0 radical (unpaired) electrons. The fourth-order valence-corrected chi connectivity index (χ4v) is 6.99. The van der Waals surface area contributed by atoms with E-state index in [9.17, 15) is 4.79 Å². The van der Waals surface area contributed by atoms with Gasteiger partial charge in [-0.1, -0.05) is 12.1 Å². The zero-order valence-corrected chi connectivity index (χ0v) is 32.3. The van der Waals surface area contributed by atoms with Crippen LogP contribution in [0, 0.1) is 14.4 Å². The maximum Gasteiger partial charge on any atom is 1.00 e. The van der Waals surface area contributed by atoms with Gasteiger partial charge in [0, 0.05) is 54.9 Å². The molecule has 5 rings (SSSR count). The van der Waals surface area contributed by atoms with Crippen LogP contribution in [0.4, 0.5) is 0 Å². The summed E-state index contributed by atoms with van der Waals surface area (Å²) in [5.74, 6) is 0.611. The summed E-state index contributed by atoms with van der Waals surface area (Å²) in [6.07, 6.45) is 4.52. The predicted molar refractivity (Wildman–Crippen MR) is 158 cm³/mol. The van der Waals surface area contributed by atoms with E-state index in [1.807, 2.05) is 35.1 Å². The molecule has 2 aliphatic rings. The number of esters is 1. The molecule has 0 saturated carbocycles. The van der Waals surface area contributed by atoms with E-state index in [0.29, 0.717) is 17.6 Å². The van der Waals surface area contributed by atoms with Gasteiger partial charge in [-0.05, 0) is 62.1 Å². The van der Waals surface area contributed by atoms with Crippen LogP contribution in [0.15, 0.2) is 42.6 Å². The summed E-state index contributed by atoms with van der Waals surface area (Å²) in [4.78, 5) is 17.3. The Hall–Kier alpha value is 0.262. The van der Waals surface area contributed by atoms with Gasteiger partial charge in [0.25, 0.3) is 0 Å². The molecular formula is C28H35CsIN3O4S. The molecule has 0 bridgehead atoms. The quantitative estimate of drug-likeness (QED) is 0.158. The number of nitrogens with zero attached hydrogens (tertiary/aromatic N) is 3. The van der Waals surface area contributed by atoms with Gasteiger partial charge < -0.3 is 16.9 Å². The summed E-state index contributed by atoms with van der Waals surface area (Å²) in [5, 5.41) is 1.19. The zero-order chi connectivity index (χ0) is 25.4. The molecule has 3 unspecified atom stereocenters. The van der Waals surface area contributed by atoms with Crippen molar-refractivity contribution in [3.8, 4) is 5.75 Å². The number of methoxy groups -OCH3 is 2. The van der Waals surface area contributed by atoms with Gasteiger partial charge in [-0.25, -0.2) is 7.31 Å². The third-order valence-electron chi connectivity index (χ3n) is 7.82. The molecule has 2 aromatic carbocycles. The van der Waals surface area contributed by atoms with Crippen molar-refractivity contribution in [2.45, 2.75) is 51.4 Å². The van der Waals surface area contributed by atoms with E-state index in [1.54, 1.807) is 7.11 Å². The first-order valence-corrected chi connectivity index (χ1v) is 13.8. The summed E-state index contributed by atoms with van der Waals surface area (Å²) >= 11 is 3.22. The standard InChI is InChI=1S/C27H32IN3O4S.CH3.Cs/c1-17-13-25(33-3)23(22-11-12-31(26(17)22)36-35-28)15-29-14-21-10-5-18(2)30(21)16-24(29)19-6-8-20(9-7-19)27(32)34-4;;/h6-9,11-13,18,21,24H,5,10,14-16H2,1-4H3;1H3;/q;-1;+1. The van der Waals surface area contributed by atoms with Crippen molar-refractivity contribution < 1.29 is 85.7 Å². The molecule has 0 spiro atoms. The number of aromatic nitrogens is 1. The summed E-state index contributed by atoms with van der Waals surface area (Å²) in [6.45, 7) is 7.21. The topological polar surface area (TPSA) is 56.2 Å². The Morgan fingerprint density at radius 1 is 1.13 bits per heavy atom. The van der Waals surface area contributed by atoms with Gasteiger partial charge >= 0.3 is 74.9 Å². The van der Waals surface area contributed by atoms with E-state index < -0.39 is 0 Å². The fourth-order valence-electron chi connectivity index (χ4n) is 5.98. The van der Waals surface area contributed by atoms with Crippen molar-refractivity contribution in [2.75, 3.05) is 27.3 Å². The van der Waals surface area contributed by atoms with Crippen molar-refractivity contribution in [2.24, 2.45) is 0 Å². The molecule has 1 aromatic heterocycles. The number of carbonyl (C=O) groups excluding carboxylic acids is 1. The molecule has 2 saturated heterocycles. The van der Waals surface area contributed by atoms with Crippen LogP contribution in [-0.2, 0) is 13.8 Å². The molecule has 3 atom stereocenters. The number of rotatable bonds is 7. The van der Waals surface area contributed by atoms with Crippen LogP contribution in [0.5, 0.6) is 5.75 Å². The minimum Gasteiger partial charge on any atom is -0.496 e. The van der Waals surface area contributed by atoms with Gasteiger partial charge in [0.1, 0.15) is 41.0 Å². The van der Waals surface area contributed by atoms with Gasteiger partial charge in [0.2, 0.25) is 0 Å². The summed E-state index contributed by atoms with van der Waals surface area (Å²) in [6, 6.07) is 13.6. The fraction of sp³-hybridized carbons (Fsp3) is 0.429. The Kier molecular flexibility index (Phi) is 12.4. The van der Waals surface area contributed by atoms with Crippen LogP contribution in [0.25, 0.3) is 10.9 Å². The van der Waals surface area contributed by atoms with Crippen molar-refractivity contribution in [3.05, 3.63) is 72.3 Å². The minimum atomic E-state index is -0.306. The zero-order valence-electron chi connectivity index (χ0n) is 23.1. The first kappa shape index (κ1) is 32.8. The maximum absolute atomic E-state index is 12.0. The Morgan fingerprint density at radius 2 is 1.87 bits per heavy atom. The number of fused-ring (bicyclic) bond motifs is 2. The Morgan fingerprint density at radius 3 is 2.53 bits per heavy atom. The molecule has 3 aromatic rings. The molecule has 2 fully saturated rings.